The first kappa shape index (κ1) is 19.3. The Morgan fingerprint density at radius 2 is 1.89 bits per heavy atom. The van der Waals surface area contributed by atoms with E-state index in [1.165, 1.54) is 16.9 Å². The highest BCUT2D eigenvalue weighted by atomic mass is 32.2. The Morgan fingerprint density at radius 1 is 1.11 bits per heavy atom. The minimum absolute atomic E-state index is 0.486. The van der Waals surface area contributed by atoms with Gasteiger partial charge >= 0.3 is 0 Å². The average molecular weight is 444 g/mol. The normalized spacial score (nSPS) is 10.9. The van der Waals surface area contributed by atoms with Gasteiger partial charge in [0.15, 0.2) is 8.29 Å². The van der Waals surface area contributed by atoms with Crippen LogP contribution >= 0.6 is 46.7 Å². The van der Waals surface area contributed by atoms with Gasteiger partial charge in [0.2, 0.25) is 0 Å². The molecule has 0 aliphatic carbocycles. The van der Waals surface area contributed by atoms with Gasteiger partial charge in [-0.3, -0.25) is 0 Å². The molecule has 2 aromatic carbocycles. The lowest BCUT2D eigenvalue weighted by Gasteiger charge is -2.03. The predicted octanol–water partition coefficient (Wildman–Crippen LogP) is 6.30. The lowest BCUT2D eigenvalue weighted by Crippen LogP contribution is -1.96. The molecule has 2 heterocycles. The minimum atomic E-state index is 0.486. The largest absolute Gasteiger partial charge is 0.486 e. The molecule has 4 aromatic rings. The van der Waals surface area contributed by atoms with Gasteiger partial charge in [0.05, 0.1) is 11.4 Å². The number of benzene rings is 2. The minimum Gasteiger partial charge on any atom is -0.486 e. The van der Waals surface area contributed by atoms with E-state index in [0.717, 1.165) is 36.2 Å². The summed E-state index contributed by atoms with van der Waals surface area (Å²) in [5, 5.41) is 7.68. The van der Waals surface area contributed by atoms with Crippen molar-refractivity contribution in [3.05, 3.63) is 80.2 Å². The number of hydrogen-bond donors (Lipinski definition) is 0. The quantitative estimate of drug-likeness (QED) is 0.248. The van der Waals surface area contributed by atoms with Crippen LogP contribution in [-0.2, 0) is 12.4 Å². The maximum absolute atomic E-state index is 5.80. The van der Waals surface area contributed by atoms with E-state index in [0.29, 0.717) is 6.61 Å². The lowest BCUT2D eigenvalue weighted by atomic mass is 10.2. The highest BCUT2D eigenvalue weighted by molar-refractivity contribution is 8.00. The summed E-state index contributed by atoms with van der Waals surface area (Å²) in [7, 11) is 0. The standard InChI is InChI=1S/C20H17N3OS4/c1-14-7-9-17(10-8-14)24-11-18-21-15(12-26-18)13-27-19-22-23(20(25)28-19)16-5-3-2-4-6-16/h2-10,12H,11,13H2,1H3. The molecule has 0 spiro atoms. The van der Waals surface area contributed by atoms with Gasteiger partial charge in [-0.05, 0) is 43.4 Å². The Hall–Kier alpha value is -2.00. The molecule has 0 saturated carbocycles. The smallest absolute Gasteiger partial charge is 0.184 e. The molecule has 0 N–H and O–H groups in total. The fourth-order valence-corrected chi connectivity index (χ4v) is 5.51. The van der Waals surface area contributed by atoms with Crippen molar-refractivity contribution >= 4 is 46.7 Å². The van der Waals surface area contributed by atoms with Gasteiger partial charge in [0.1, 0.15) is 17.4 Å². The zero-order valence-corrected chi connectivity index (χ0v) is 18.3. The molecule has 0 radical (unpaired) electrons. The Labute approximate surface area is 180 Å². The van der Waals surface area contributed by atoms with Crippen LogP contribution in [0.2, 0.25) is 0 Å². The van der Waals surface area contributed by atoms with Gasteiger partial charge in [-0.25, -0.2) is 9.67 Å². The average Bonchev–Trinajstić information content (AvgIpc) is 3.33. The van der Waals surface area contributed by atoms with E-state index in [-0.39, 0.29) is 0 Å². The number of thioether (sulfide) groups is 1. The summed E-state index contributed by atoms with van der Waals surface area (Å²) in [6.45, 7) is 2.55. The zero-order chi connectivity index (χ0) is 19.3. The second kappa shape index (κ2) is 9.00. The molecular formula is C20H17N3OS4. The second-order valence-corrected chi connectivity index (χ2v) is 9.79. The summed E-state index contributed by atoms with van der Waals surface area (Å²) in [4.78, 5) is 4.66. The van der Waals surface area contributed by atoms with E-state index < -0.39 is 0 Å². The zero-order valence-electron chi connectivity index (χ0n) is 15.1. The number of rotatable bonds is 7. The molecule has 0 saturated heterocycles. The molecule has 0 amide bonds. The van der Waals surface area contributed by atoms with Gasteiger partial charge in [-0.2, -0.15) is 0 Å². The van der Waals surface area contributed by atoms with Crippen LogP contribution < -0.4 is 4.74 Å². The van der Waals surface area contributed by atoms with Crippen LogP contribution in [0.1, 0.15) is 16.3 Å². The Kier molecular flexibility index (Phi) is 6.21. The molecule has 0 unspecified atom stereocenters. The molecule has 4 nitrogen and oxygen atoms in total. The maximum Gasteiger partial charge on any atom is 0.184 e. The highest BCUT2D eigenvalue weighted by Gasteiger charge is 2.09. The number of aryl methyl sites for hydroxylation is 1. The molecule has 2 aromatic heterocycles. The molecule has 8 heteroatoms. The molecule has 0 atom stereocenters. The first-order chi connectivity index (χ1) is 13.7. The van der Waals surface area contributed by atoms with E-state index in [1.807, 2.05) is 59.3 Å². The summed E-state index contributed by atoms with van der Waals surface area (Å²) >= 11 is 10.3. The van der Waals surface area contributed by atoms with Crippen molar-refractivity contribution in [3.63, 3.8) is 0 Å². The number of ether oxygens (including phenoxy) is 1. The van der Waals surface area contributed by atoms with Crippen molar-refractivity contribution in [2.45, 2.75) is 23.6 Å². The Morgan fingerprint density at radius 3 is 2.68 bits per heavy atom. The summed E-state index contributed by atoms with van der Waals surface area (Å²) < 4.78 is 9.31. The number of nitrogens with zero attached hydrogens (tertiary/aromatic N) is 3. The molecular weight excluding hydrogens is 427 g/mol. The van der Waals surface area contributed by atoms with Gasteiger partial charge in [0, 0.05) is 11.1 Å². The number of thiazole rings is 1. The van der Waals surface area contributed by atoms with Crippen LogP contribution in [0.15, 0.2) is 64.3 Å². The second-order valence-electron chi connectivity index (χ2n) is 6.00. The van der Waals surface area contributed by atoms with Crippen LogP contribution in [0.4, 0.5) is 0 Å². The van der Waals surface area contributed by atoms with Gasteiger partial charge in [0.25, 0.3) is 0 Å². The molecule has 0 fully saturated rings. The summed E-state index contributed by atoms with van der Waals surface area (Å²) in [5.41, 5.74) is 3.24. The summed E-state index contributed by atoms with van der Waals surface area (Å²) in [6.07, 6.45) is 0. The molecule has 4 rings (SSSR count). The van der Waals surface area contributed by atoms with Crippen LogP contribution in [-0.4, -0.2) is 14.8 Å². The molecule has 0 bridgehead atoms. The first-order valence-corrected chi connectivity index (χ1v) is 11.7. The van der Waals surface area contributed by atoms with Crippen LogP contribution in [0.3, 0.4) is 0 Å². The van der Waals surface area contributed by atoms with Crippen LogP contribution in [0.25, 0.3) is 5.69 Å². The lowest BCUT2D eigenvalue weighted by molar-refractivity contribution is 0.305. The SMILES string of the molecule is Cc1ccc(OCc2nc(CSc3nn(-c4ccccc4)c(=S)s3)cs2)cc1. The van der Waals surface area contributed by atoms with Crippen molar-refractivity contribution in [2.24, 2.45) is 0 Å². The maximum atomic E-state index is 5.80. The van der Waals surface area contributed by atoms with Crippen molar-refractivity contribution in [2.75, 3.05) is 0 Å². The number of hydrogen-bond acceptors (Lipinski definition) is 7. The monoisotopic (exact) mass is 443 g/mol. The van der Waals surface area contributed by atoms with E-state index in [1.54, 1.807) is 23.1 Å². The van der Waals surface area contributed by atoms with Crippen LogP contribution in [0.5, 0.6) is 5.75 Å². The van der Waals surface area contributed by atoms with E-state index >= 15 is 0 Å². The van der Waals surface area contributed by atoms with Gasteiger partial charge in [-0.15, -0.1) is 16.4 Å². The molecule has 0 aliphatic heterocycles. The topological polar surface area (TPSA) is 39.9 Å². The van der Waals surface area contributed by atoms with Crippen molar-refractivity contribution in [1.29, 1.82) is 0 Å². The fourth-order valence-electron chi connectivity index (χ4n) is 2.45. The molecule has 28 heavy (non-hydrogen) atoms. The first-order valence-electron chi connectivity index (χ1n) is 8.58. The third kappa shape index (κ3) is 4.88. The molecule has 142 valence electrons. The van der Waals surface area contributed by atoms with E-state index in [2.05, 4.69) is 22.4 Å². The fraction of sp³-hybridized carbons (Fsp3) is 0.150. The van der Waals surface area contributed by atoms with Crippen molar-refractivity contribution < 1.29 is 4.74 Å². The summed E-state index contributed by atoms with van der Waals surface area (Å²) in [6, 6.07) is 18.0. The highest BCUT2D eigenvalue weighted by Crippen LogP contribution is 2.28. The van der Waals surface area contributed by atoms with Gasteiger partial charge < -0.3 is 4.74 Å². The third-order valence-corrected chi connectivity index (χ3v) is 7.13. The predicted molar refractivity (Wildman–Crippen MR) is 119 cm³/mol. The van der Waals surface area contributed by atoms with Crippen molar-refractivity contribution in [1.82, 2.24) is 14.8 Å². The number of aromatic nitrogens is 3. The van der Waals surface area contributed by atoms with E-state index in [9.17, 15) is 0 Å². The van der Waals surface area contributed by atoms with Gasteiger partial charge in [-0.1, -0.05) is 59.0 Å². The Balaban J connectivity index is 1.35. The van der Waals surface area contributed by atoms with E-state index in [4.69, 9.17) is 17.0 Å². The third-order valence-electron chi connectivity index (χ3n) is 3.86. The van der Waals surface area contributed by atoms with Crippen LogP contribution in [0, 0.1) is 10.9 Å². The van der Waals surface area contributed by atoms with Crippen molar-refractivity contribution in [3.8, 4) is 11.4 Å². The summed E-state index contributed by atoms with van der Waals surface area (Å²) in [5.74, 6) is 1.63. The number of para-hydroxylation sites is 1. The molecule has 0 aliphatic rings. The Bertz CT molecular complexity index is 1100.